The van der Waals surface area contributed by atoms with Crippen molar-refractivity contribution in [3.63, 3.8) is 0 Å². The fourth-order valence-electron chi connectivity index (χ4n) is 2.55. The smallest absolute Gasteiger partial charge is 0.0393 e. The third-order valence-electron chi connectivity index (χ3n) is 3.53. The number of benzene rings is 1. The molecule has 0 bridgehead atoms. The first-order valence-electron chi connectivity index (χ1n) is 5.94. The number of anilines is 1. The first-order valence-corrected chi connectivity index (χ1v) is 5.94. The summed E-state index contributed by atoms with van der Waals surface area (Å²) in [7, 11) is 2.06. The van der Waals surface area contributed by atoms with Crippen molar-refractivity contribution in [3.05, 3.63) is 29.3 Å². The zero-order valence-corrected chi connectivity index (χ0v) is 9.22. The molecule has 2 heteroatoms. The molecule has 2 aliphatic carbocycles. The molecule has 0 aromatic heterocycles. The fraction of sp³-hybridized carbons (Fsp3) is 0.538. The van der Waals surface area contributed by atoms with Crippen molar-refractivity contribution in [2.75, 3.05) is 12.4 Å². The van der Waals surface area contributed by atoms with Crippen LogP contribution in [0.15, 0.2) is 18.2 Å². The van der Waals surface area contributed by atoms with Gasteiger partial charge in [-0.25, -0.2) is 0 Å². The number of aryl methyl sites for hydroxylation is 1. The van der Waals surface area contributed by atoms with Crippen LogP contribution >= 0.6 is 0 Å². The van der Waals surface area contributed by atoms with Crippen LogP contribution < -0.4 is 10.6 Å². The van der Waals surface area contributed by atoms with E-state index in [0.717, 1.165) is 6.04 Å². The number of nitrogens with one attached hydrogen (secondary N) is 2. The van der Waals surface area contributed by atoms with E-state index in [2.05, 4.69) is 35.9 Å². The second-order valence-electron chi connectivity index (χ2n) is 4.68. The maximum Gasteiger partial charge on any atom is 0.0393 e. The van der Waals surface area contributed by atoms with Gasteiger partial charge in [0.1, 0.15) is 0 Å². The molecule has 1 atom stereocenters. The van der Waals surface area contributed by atoms with Crippen molar-refractivity contribution in [1.29, 1.82) is 0 Å². The van der Waals surface area contributed by atoms with E-state index in [4.69, 9.17) is 0 Å². The van der Waals surface area contributed by atoms with Gasteiger partial charge >= 0.3 is 0 Å². The van der Waals surface area contributed by atoms with Crippen molar-refractivity contribution in [3.8, 4) is 0 Å². The highest BCUT2D eigenvalue weighted by atomic mass is 15.0. The Balaban J connectivity index is 1.95. The summed E-state index contributed by atoms with van der Waals surface area (Å²) in [6.07, 6.45) is 5.15. The van der Waals surface area contributed by atoms with Crippen LogP contribution in [0.5, 0.6) is 0 Å². The molecule has 1 aromatic carbocycles. The molecule has 0 saturated heterocycles. The minimum atomic E-state index is 0.558. The quantitative estimate of drug-likeness (QED) is 0.786. The third-order valence-corrected chi connectivity index (χ3v) is 3.53. The molecule has 2 N–H and O–H groups in total. The van der Waals surface area contributed by atoms with Crippen LogP contribution in [0.4, 0.5) is 5.69 Å². The van der Waals surface area contributed by atoms with Crippen LogP contribution in [0, 0.1) is 0 Å². The van der Waals surface area contributed by atoms with E-state index < -0.39 is 0 Å². The van der Waals surface area contributed by atoms with Gasteiger partial charge in [-0.1, -0.05) is 12.1 Å². The summed E-state index contributed by atoms with van der Waals surface area (Å²) in [5.74, 6) is 0. The number of fused-ring (bicyclic) bond motifs is 1. The molecular weight excluding hydrogens is 184 g/mol. The molecule has 1 aromatic rings. The molecule has 0 heterocycles. The molecule has 0 amide bonds. The molecule has 0 radical (unpaired) electrons. The molecule has 1 unspecified atom stereocenters. The first kappa shape index (κ1) is 9.22. The van der Waals surface area contributed by atoms with Gasteiger partial charge in [-0.3, -0.25) is 0 Å². The molecule has 80 valence electrons. The van der Waals surface area contributed by atoms with E-state index in [-0.39, 0.29) is 0 Å². The Labute approximate surface area is 91.1 Å². The Hall–Kier alpha value is -1.02. The van der Waals surface area contributed by atoms with E-state index in [1.807, 2.05) is 0 Å². The second kappa shape index (κ2) is 3.53. The minimum Gasteiger partial charge on any atom is -0.382 e. The topological polar surface area (TPSA) is 24.1 Å². The van der Waals surface area contributed by atoms with Crippen LogP contribution in [0.1, 0.15) is 36.4 Å². The highest BCUT2D eigenvalue weighted by molar-refractivity contribution is 5.59. The predicted octanol–water partition coefficient (Wildman–Crippen LogP) is 2.47. The van der Waals surface area contributed by atoms with Crippen LogP contribution in [0.2, 0.25) is 0 Å². The lowest BCUT2D eigenvalue weighted by Gasteiger charge is -2.16. The number of hydrogen-bond donors (Lipinski definition) is 2. The lowest BCUT2D eigenvalue weighted by molar-refractivity contribution is 0.591. The lowest BCUT2D eigenvalue weighted by Crippen LogP contribution is -2.15. The highest BCUT2D eigenvalue weighted by Gasteiger charge is 2.27. The predicted molar refractivity (Wildman–Crippen MR) is 63.2 cm³/mol. The SMILES string of the molecule is CNC1CCc2cccc(NC3CC3)c21. The zero-order chi connectivity index (χ0) is 10.3. The highest BCUT2D eigenvalue weighted by Crippen LogP contribution is 2.38. The molecule has 3 rings (SSSR count). The Morgan fingerprint density at radius 1 is 1.20 bits per heavy atom. The Morgan fingerprint density at radius 3 is 2.80 bits per heavy atom. The molecule has 0 aliphatic heterocycles. The van der Waals surface area contributed by atoms with E-state index in [1.165, 1.54) is 42.5 Å². The molecular formula is C13H18N2. The summed E-state index contributed by atoms with van der Waals surface area (Å²) < 4.78 is 0. The van der Waals surface area contributed by atoms with Crippen LogP contribution in [0.25, 0.3) is 0 Å². The van der Waals surface area contributed by atoms with Crippen LogP contribution in [0.3, 0.4) is 0 Å². The van der Waals surface area contributed by atoms with Crippen molar-refractivity contribution < 1.29 is 0 Å². The van der Waals surface area contributed by atoms with Gasteiger partial charge in [0.15, 0.2) is 0 Å². The Bertz CT molecular complexity index is 369. The van der Waals surface area contributed by atoms with E-state index in [9.17, 15) is 0 Å². The number of hydrogen-bond acceptors (Lipinski definition) is 2. The fourth-order valence-corrected chi connectivity index (χ4v) is 2.55. The third kappa shape index (κ3) is 1.63. The Kier molecular flexibility index (Phi) is 2.17. The maximum absolute atomic E-state index is 3.64. The first-order chi connectivity index (χ1) is 7.38. The second-order valence-corrected chi connectivity index (χ2v) is 4.68. The minimum absolute atomic E-state index is 0.558. The van der Waals surface area contributed by atoms with Gasteiger partial charge < -0.3 is 10.6 Å². The average Bonchev–Trinajstić information content (AvgIpc) is 2.97. The maximum atomic E-state index is 3.64. The van der Waals surface area contributed by atoms with Gasteiger partial charge in [0.2, 0.25) is 0 Å². The Morgan fingerprint density at radius 2 is 2.07 bits per heavy atom. The zero-order valence-electron chi connectivity index (χ0n) is 9.22. The summed E-state index contributed by atoms with van der Waals surface area (Å²) in [4.78, 5) is 0. The van der Waals surface area contributed by atoms with Crippen LogP contribution in [-0.4, -0.2) is 13.1 Å². The molecule has 1 fully saturated rings. The van der Waals surface area contributed by atoms with E-state index in [0.29, 0.717) is 6.04 Å². The molecule has 1 saturated carbocycles. The van der Waals surface area contributed by atoms with Gasteiger partial charge in [0.05, 0.1) is 0 Å². The van der Waals surface area contributed by atoms with Gasteiger partial charge in [-0.15, -0.1) is 0 Å². The standard InChI is InChI=1S/C13H18N2/c1-14-11-8-5-9-3-2-4-12(13(9)11)15-10-6-7-10/h2-4,10-11,14-15H,5-8H2,1H3. The van der Waals surface area contributed by atoms with Crippen molar-refractivity contribution in [1.82, 2.24) is 5.32 Å². The van der Waals surface area contributed by atoms with Gasteiger partial charge in [-0.2, -0.15) is 0 Å². The van der Waals surface area contributed by atoms with Crippen molar-refractivity contribution in [2.45, 2.75) is 37.8 Å². The van der Waals surface area contributed by atoms with Gasteiger partial charge in [-0.05, 0) is 49.9 Å². The summed E-state index contributed by atoms with van der Waals surface area (Å²) in [5, 5.41) is 7.05. The summed E-state index contributed by atoms with van der Waals surface area (Å²) in [5.41, 5.74) is 4.42. The molecule has 2 aliphatic rings. The van der Waals surface area contributed by atoms with Crippen molar-refractivity contribution in [2.24, 2.45) is 0 Å². The van der Waals surface area contributed by atoms with Crippen LogP contribution in [-0.2, 0) is 6.42 Å². The average molecular weight is 202 g/mol. The summed E-state index contributed by atoms with van der Waals surface area (Å²) in [6, 6.07) is 7.98. The summed E-state index contributed by atoms with van der Waals surface area (Å²) in [6.45, 7) is 0. The largest absolute Gasteiger partial charge is 0.382 e. The van der Waals surface area contributed by atoms with E-state index >= 15 is 0 Å². The van der Waals surface area contributed by atoms with Gasteiger partial charge in [0, 0.05) is 17.8 Å². The normalized spacial score (nSPS) is 23.9. The van der Waals surface area contributed by atoms with Crippen molar-refractivity contribution >= 4 is 5.69 Å². The van der Waals surface area contributed by atoms with Gasteiger partial charge in [0.25, 0.3) is 0 Å². The summed E-state index contributed by atoms with van der Waals surface area (Å²) >= 11 is 0. The number of rotatable bonds is 3. The molecule has 2 nitrogen and oxygen atoms in total. The van der Waals surface area contributed by atoms with E-state index in [1.54, 1.807) is 0 Å². The lowest BCUT2D eigenvalue weighted by atomic mass is 10.1. The monoisotopic (exact) mass is 202 g/mol. The molecule has 0 spiro atoms. The molecule has 15 heavy (non-hydrogen) atoms.